The SMILES string of the molecule is CN1C(=O)C=C(Sc2ccccc2)[C@@H]2CC=CC[C@@H]21. The first-order chi connectivity index (χ1) is 9.25. The number of allylic oxidation sites excluding steroid dienone is 1. The number of rotatable bonds is 2. The summed E-state index contributed by atoms with van der Waals surface area (Å²) in [6.45, 7) is 0. The van der Waals surface area contributed by atoms with Crippen LogP contribution in [-0.4, -0.2) is 23.9 Å². The second kappa shape index (κ2) is 5.25. The number of likely N-dealkylation sites (N-methyl/N-ethyl adjacent to an activating group) is 1. The first kappa shape index (κ1) is 12.5. The molecule has 1 aromatic carbocycles. The maximum Gasteiger partial charge on any atom is 0.247 e. The molecule has 98 valence electrons. The number of fused-ring (bicyclic) bond motifs is 1. The fraction of sp³-hybridized carbons (Fsp3) is 0.312. The second-order valence-electron chi connectivity index (χ2n) is 5.03. The molecule has 0 N–H and O–H groups in total. The molecule has 0 unspecified atom stereocenters. The van der Waals surface area contributed by atoms with E-state index < -0.39 is 0 Å². The molecule has 1 aliphatic heterocycles. The minimum Gasteiger partial charge on any atom is -0.338 e. The second-order valence-corrected chi connectivity index (χ2v) is 6.17. The Labute approximate surface area is 118 Å². The van der Waals surface area contributed by atoms with E-state index in [0.717, 1.165) is 12.8 Å². The van der Waals surface area contributed by atoms with Crippen molar-refractivity contribution >= 4 is 17.7 Å². The third-order valence-corrected chi connectivity index (χ3v) is 5.02. The van der Waals surface area contributed by atoms with Gasteiger partial charge in [0.1, 0.15) is 0 Å². The molecule has 3 heteroatoms. The van der Waals surface area contributed by atoms with Gasteiger partial charge >= 0.3 is 0 Å². The molecule has 3 rings (SSSR count). The molecule has 1 amide bonds. The zero-order valence-electron chi connectivity index (χ0n) is 11.0. The van der Waals surface area contributed by atoms with Crippen LogP contribution in [0, 0.1) is 5.92 Å². The number of carbonyl (C=O) groups excluding carboxylic acids is 1. The van der Waals surface area contributed by atoms with E-state index in [1.165, 1.54) is 9.80 Å². The maximum absolute atomic E-state index is 12.1. The number of carbonyl (C=O) groups is 1. The Morgan fingerprint density at radius 3 is 2.68 bits per heavy atom. The molecule has 0 spiro atoms. The molecule has 2 aliphatic rings. The van der Waals surface area contributed by atoms with Gasteiger partial charge in [-0.1, -0.05) is 42.1 Å². The van der Waals surface area contributed by atoms with Crippen molar-refractivity contribution in [3.05, 3.63) is 53.5 Å². The number of benzene rings is 1. The standard InChI is InChI=1S/C16H17NOS/c1-17-14-10-6-5-9-13(14)15(11-16(17)18)19-12-7-3-2-4-8-12/h2-8,11,13-14H,9-10H2,1H3/t13-,14+/m1/s1. The zero-order chi connectivity index (χ0) is 13.2. The van der Waals surface area contributed by atoms with E-state index in [-0.39, 0.29) is 5.91 Å². The van der Waals surface area contributed by atoms with Crippen molar-refractivity contribution in [2.45, 2.75) is 23.8 Å². The first-order valence-corrected chi connectivity index (χ1v) is 7.43. The van der Waals surface area contributed by atoms with Crippen LogP contribution in [0.5, 0.6) is 0 Å². The highest BCUT2D eigenvalue weighted by molar-refractivity contribution is 8.03. The van der Waals surface area contributed by atoms with E-state index >= 15 is 0 Å². The molecule has 0 saturated heterocycles. The average molecular weight is 271 g/mol. The van der Waals surface area contributed by atoms with Crippen molar-refractivity contribution in [3.8, 4) is 0 Å². The smallest absolute Gasteiger partial charge is 0.247 e. The van der Waals surface area contributed by atoms with Crippen LogP contribution >= 0.6 is 11.8 Å². The number of hydrogen-bond acceptors (Lipinski definition) is 2. The van der Waals surface area contributed by atoms with Gasteiger partial charge < -0.3 is 4.90 Å². The molecule has 2 atom stereocenters. The van der Waals surface area contributed by atoms with E-state index in [1.54, 1.807) is 11.8 Å². The summed E-state index contributed by atoms with van der Waals surface area (Å²) in [6, 6.07) is 10.6. The minimum absolute atomic E-state index is 0.134. The Kier molecular flexibility index (Phi) is 3.47. The third kappa shape index (κ3) is 2.47. The largest absolute Gasteiger partial charge is 0.338 e. The molecular weight excluding hydrogens is 254 g/mol. The predicted molar refractivity (Wildman–Crippen MR) is 78.8 cm³/mol. The highest BCUT2D eigenvalue weighted by Gasteiger charge is 2.35. The molecule has 1 aromatic rings. The summed E-state index contributed by atoms with van der Waals surface area (Å²) in [6.07, 6.45) is 8.26. The van der Waals surface area contributed by atoms with Crippen LogP contribution in [0.15, 0.2) is 58.4 Å². The van der Waals surface area contributed by atoms with Gasteiger partial charge in [0.15, 0.2) is 0 Å². The van der Waals surface area contributed by atoms with Crippen LogP contribution in [0.1, 0.15) is 12.8 Å². The van der Waals surface area contributed by atoms with Crippen LogP contribution in [-0.2, 0) is 4.79 Å². The summed E-state index contributed by atoms with van der Waals surface area (Å²) >= 11 is 1.74. The Bertz CT molecular complexity index is 535. The summed E-state index contributed by atoms with van der Waals surface area (Å²) in [5.74, 6) is 0.591. The van der Waals surface area contributed by atoms with Gasteiger partial charge in [-0.15, -0.1) is 0 Å². The van der Waals surface area contributed by atoms with E-state index in [0.29, 0.717) is 12.0 Å². The van der Waals surface area contributed by atoms with Gasteiger partial charge in [-0.3, -0.25) is 4.79 Å². The van der Waals surface area contributed by atoms with Crippen LogP contribution in [0.25, 0.3) is 0 Å². The van der Waals surface area contributed by atoms with Gasteiger partial charge in [-0.25, -0.2) is 0 Å². The molecule has 1 heterocycles. The predicted octanol–water partition coefficient (Wildman–Crippen LogP) is 3.47. The van der Waals surface area contributed by atoms with Crippen LogP contribution in [0.2, 0.25) is 0 Å². The number of nitrogens with zero attached hydrogens (tertiary/aromatic N) is 1. The van der Waals surface area contributed by atoms with E-state index in [9.17, 15) is 4.79 Å². The van der Waals surface area contributed by atoms with E-state index in [2.05, 4.69) is 24.3 Å². The van der Waals surface area contributed by atoms with Gasteiger partial charge in [0.05, 0.1) is 0 Å². The Hall–Kier alpha value is -1.48. The Balaban J connectivity index is 1.89. The topological polar surface area (TPSA) is 20.3 Å². The molecular formula is C16H17NOS. The van der Waals surface area contributed by atoms with Crippen molar-refractivity contribution in [1.29, 1.82) is 0 Å². The van der Waals surface area contributed by atoms with E-state index in [4.69, 9.17) is 0 Å². The third-order valence-electron chi connectivity index (χ3n) is 3.85. The van der Waals surface area contributed by atoms with Gasteiger partial charge in [0.25, 0.3) is 0 Å². The number of thioether (sulfide) groups is 1. The lowest BCUT2D eigenvalue weighted by molar-refractivity contribution is -0.128. The molecule has 1 aliphatic carbocycles. The summed E-state index contributed by atoms with van der Waals surface area (Å²) in [4.78, 5) is 16.4. The monoisotopic (exact) mass is 271 g/mol. The van der Waals surface area contributed by atoms with Gasteiger partial charge in [0, 0.05) is 34.9 Å². The van der Waals surface area contributed by atoms with Gasteiger partial charge in [0.2, 0.25) is 5.91 Å². The van der Waals surface area contributed by atoms with E-state index in [1.807, 2.05) is 36.2 Å². The summed E-state index contributed by atoms with van der Waals surface area (Å²) in [5, 5.41) is 0. The quantitative estimate of drug-likeness (QED) is 0.768. The van der Waals surface area contributed by atoms with Gasteiger partial charge in [-0.05, 0) is 25.0 Å². The highest BCUT2D eigenvalue weighted by atomic mass is 32.2. The molecule has 0 aromatic heterocycles. The van der Waals surface area contributed by atoms with Crippen LogP contribution in [0.3, 0.4) is 0 Å². The van der Waals surface area contributed by atoms with Crippen molar-refractivity contribution in [1.82, 2.24) is 4.90 Å². The van der Waals surface area contributed by atoms with Crippen molar-refractivity contribution in [2.24, 2.45) is 5.92 Å². The molecule has 19 heavy (non-hydrogen) atoms. The molecule has 0 fully saturated rings. The molecule has 0 bridgehead atoms. The zero-order valence-corrected chi connectivity index (χ0v) is 11.8. The molecule has 0 radical (unpaired) electrons. The lowest BCUT2D eigenvalue weighted by Gasteiger charge is -2.40. The van der Waals surface area contributed by atoms with Crippen LogP contribution < -0.4 is 0 Å². The van der Waals surface area contributed by atoms with Gasteiger partial charge in [-0.2, -0.15) is 0 Å². The first-order valence-electron chi connectivity index (χ1n) is 6.62. The highest BCUT2D eigenvalue weighted by Crippen LogP contribution is 2.41. The Morgan fingerprint density at radius 1 is 1.16 bits per heavy atom. The number of hydrogen-bond donors (Lipinski definition) is 0. The summed E-state index contributed by atoms with van der Waals surface area (Å²) in [7, 11) is 1.92. The van der Waals surface area contributed by atoms with Crippen molar-refractivity contribution in [3.63, 3.8) is 0 Å². The van der Waals surface area contributed by atoms with Crippen molar-refractivity contribution in [2.75, 3.05) is 7.05 Å². The molecule has 2 nitrogen and oxygen atoms in total. The fourth-order valence-corrected chi connectivity index (χ4v) is 3.89. The Morgan fingerprint density at radius 2 is 1.89 bits per heavy atom. The molecule has 0 saturated carbocycles. The number of amides is 1. The lowest BCUT2D eigenvalue weighted by Crippen LogP contribution is -2.45. The summed E-state index contributed by atoms with van der Waals surface area (Å²) in [5.41, 5.74) is 0. The normalized spacial score (nSPS) is 26.1. The fourth-order valence-electron chi connectivity index (χ4n) is 2.76. The minimum atomic E-state index is 0.134. The van der Waals surface area contributed by atoms with Crippen molar-refractivity contribution < 1.29 is 4.79 Å². The lowest BCUT2D eigenvalue weighted by atomic mass is 9.85. The maximum atomic E-state index is 12.1. The average Bonchev–Trinajstić information content (AvgIpc) is 2.46. The summed E-state index contributed by atoms with van der Waals surface area (Å²) < 4.78 is 0. The van der Waals surface area contributed by atoms with Crippen LogP contribution in [0.4, 0.5) is 0 Å².